The zero-order valence-corrected chi connectivity index (χ0v) is 14.5. The molecule has 0 radical (unpaired) electrons. The van der Waals surface area contributed by atoms with Gasteiger partial charge in [-0.3, -0.25) is 0 Å². The highest BCUT2D eigenvalue weighted by molar-refractivity contribution is 5.74. The maximum Gasteiger partial charge on any atom is 0.315 e. The number of carbonyl (C=O) groups excluding carboxylic acids is 1. The molecule has 2 amide bonds. The molecule has 0 spiro atoms. The summed E-state index contributed by atoms with van der Waals surface area (Å²) < 4.78 is 0. The molecule has 0 heterocycles. The largest absolute Gasteiger partial charge is 0.334 e. The van der Waals surface area contributed by atoms with E-state index in [0.717, 1.165) is 30.8 Å². The van der Waals surface area contributed by atoms with Crippen molar-refractivity contribution in [2.24, 2.45) is 0 Å². The number of hydrogen-bond acceptors (Lipinski definition) is 2. The molecule has 2 aromatic rings. The van der Waals surface area contributed by atoms with Crippen LogP contribution in [0.3, 0.4) is 0 Å². The molecule has 1 atom stereocenters. The molecule has 2 rings (SSSR count). The lowest BCUT2D eigenvalue weighted by molar-refractivity contribution is 0.225. The van der Waals surface area contributed by atoms with Crippen molar-refractivity contribution in [3.63, 3.8) is 0 Å². The zero-order valence-electron chi connectivity index (χ0n) is 14.5. The van der Waals surface area contributed by atoms with Gasteiger partial charge in [-0.05, 0) is 24.2 Å². The smallest absolute Gasteiger partial charge is 0.315 e. The van der Waals surface area contributed by atoms with Crippen molar-refractivity contribution in [2.45, 2.75) is 26.4 Å². The first-order chi connectivity index (χ1) is 11.7. The highest BCUT2D eigenvalue weighted by atomic mass is 16.2. The molecular formula is C20H27N3O. The van der Waals surface area contributed by atoms with Gasteiger partial charge in [0.05, 0.1) is 6.04 Å². The van der Waals surface area contributed by atoms with Crippen LogP contribution < -0.4 is 10.6 Å². The predicted octanol–water partition coefficient (Wildman–Crippen LogP) is 3.57. The zero-order chi connectivity index (χ0) is 17.2. The summed E-state index contributed by atoms with van der Waals surface area (Å²) in [4.78, 5) is 14.6. The maximum absolute atomic E-state index is 12.3. The quantitative estimate of drug-likeness (QED) is 0.779. The van der Waals surface area contributed by atoms with Crippen LogP contribution >= 0.6 is 0 Å². The van der Waals surface area contributed by atoms with Crippen molar-refractivity contribution in [2.75, 3.05) is 19.6 Å². The topological polar surface area (TPSA) is 44.4 Å². The van der Waals surface area contributed by atoms with Gasteiger partial charge in [-0.25, -0.2) is 4.79 Å². The maximum atomic E-state index is 12.3. The third kappa shape index (κ3) is 5.70. The first kappa shape index (κ1) is 18.0. The normalized spacial score (nSPS) is 12.0. The minimum atomic E-state index is -0.139. The summed E-state index contributed by atoms with van der Waals surface area (Å²) in [5.41, 5.74) is 2.21. The van der Waals surface area contributed by atoms with Crippen molar-refractivity contribution in [3.8, 4) is 0 Å². The van der Waals surface area contributed by atoms with E-state index < -0.39 is 0 Å². The molecule has 0 fully saturated rings. The number of benzene rings is 2. The molecule has 4 nitrogen and oxygen atoms in total. The Balaban J connectivity index is 1.97. The van der Waals surface area contributed by atoms with E-state index in [0.29, 0.717) is 6.54 Å². The van der Waals surface area contributed by atoms with Crippen LogP contribution in [-0.4, -0.2) is 30.6 Å². The molecule has 128 valence electrons. The molecule has 0 aliphatic carbocycles. The second kappa shape index (κ2) is 9.73. The summed E-state index contributed by atoms with van der Waals surface area (Å²) >= 11 is 0. The molecule has 0 bridgehead atoms. The second-order valence-corrected chi connectivity index (χ2v) is 5.76. The lowest BCUT2D eigenvalue weighted by Crippen LogP contribution is -2.42. The molecule has 0 saturated carbocycles. The van der Waals surface area contributed by atoms with Gasteiger partial charge in [-0.1, -0.05) is 74.5 Å². The SMILES string of the molecule is CCN(CC)C[C@H](NC(=O)NCc1ccccc1)c1ccccc1. The van der Waals surface area contributed by atoms with Crippen LogP contribution in [0.5, 0.6) is 0 Å². The van der Waals surface area contributed by atoms with Crippen molar-refractivity contribution in [1.29, 1.82) is 0 Å². The van der Waals surface area contributed by atoms with Gasteiger partial charge in [0, 0.05) is 13.1 Å². The molecular weight excluding hydrogens is 298 g/mol. The van der Waals surface area contributed by atoms with E-state index >= 15 is 0 Å². The summed E-state index contributed by atoms with van der Waals surface area (Å²) in [6.07, 6.45) is 0. The van der Waals surface area contributed by atoms with Crippen LogP contribution in [0.4, 0.5) is 4.79 Å². The molecule has 4 heteroatoms. The van der Waals surface area contributed by atoms with E-state index in [1.54, 1.807) is 0 Å². The Morgan fingerprint density at radius 1 is 0.958 bits per heavy atom. The first-order valence-corrected chi connectivity index (χ1v) is 8.58. The number of nitrogens with zero attached hydrogens (tertiary/aromatic N) is 1. The lowest BCUT2D eigenvalue weighted by Gasteiger charge is -2.26. The highest BCUT2D eigenvalue weighted by Gasteiger charge is 2.16. The van der Waals surface area contributed by atoms with Gasteiger partial charge < -0.3 is 15.5 Å². The van der Waals surface area contributed by atoms with Crippen LogP contribution in [0.2, 0.25) is 0 Å². The molecule has 0 unspecified atom stereocenters. The predicted molar refractivity (Wildman–Crippen MR) is 98.8 cm³/mol. The van der Waals surface area contributed by atoms with Gasteiger partial charge in [0.15, 0.2) is 0 Å². The van der Waals surface area contributed by atoms with Crippen molar-refractivity contribution in [1.82, 2.24) is 15.5 Å². The fraction of sp³-hybridized carbons (Fsp3) is 0.350. The van der Waals surface area contributed by atoms with Crippen LogP contribution in [0.1, 0.15) is 31.0 Å². The van der Waals surface area contributed by atoms with Crippen LogP contribution in [-0.2, 0) is 6.54 Å². The summed E-state index contributed by atoms with van der Waals surface area (Å²) in [5.74, 6) is 0. The van der Waals surface area contributed by atoms with Crippen LogP contribution in [0.15, 0.2) is 60.7 Å². The Morgan fingerprint density at radius 2 is 1.54 bits per heavy atom. The molecule has 0 aromatic heterocycles. The van der Waals surface area contributed by atoms with Gasteiger partial charge in [0.25, 0.3) is 0 Å². The number of amides is 2. The highest BCUT2D eigenvalue weighted by Crippen LogP contribution is 2.14. The Hall–Kier alpha value is -2.33. The summed E-state index contributed by atoms with van der Waals surface area (Å²) in [6.45, 7) is 7.54. The van der Waals surface area contributed by atoms with Gasteiger partial charge in [-0.15, -0.1) is 0 Å². The van der Waals surface area contributed by atoms with Crippen molar-refractivity contribution < 1.29 is 4.79 Å². The third-order valence-corrected chi connectivity index (χ3v) is 4.14. The molecule has 0 aliphatic heterocycles. The molecule has 0 saturated heterocycles. The van der Waals surface area contributed by atoms with Crippen LogP contribution in [0, 0.1) is 0 Å². The Bertz CT molecular complexity index is 597. The Kier molecular flexibility index (Phi) is 7.30. The number of hydrogen-bond donors (Lipinski definition) is 2. The van der Waals surface area contributed by atoms with Crippen molar-refractivity contribution in [3.05, 3.63) is 71.8 Å². The second-order valence-electron chi connectivity index (χ2n) is 5.76. The molecule has 24 heavy (non-hydrogen) atoms. The lowest BCUT2D eigenvalue weighted by atomic mass is 10.1. The minimum absolute atomic E-state index is 0.0260. The van der Waals surface area contributed by atoms with E-state index in [2.05, 4.69) is 41.5 Å². The third-order valence-electron chi connectivity index (χ3n) is 4.14. The standard InChI is InChI=1S/C20H27N3O/c1-3-23(4-2)16-19(18-13-9-6-10-14-18)22-20(24)21-15-17-11-7-5-8-12-17/h5-14,19H,3-4,15-16H2,1-2H3,(H2,21,22,24)/t19-/m0/s1. The van der Waals surface area contributed by atoms with Gasteiger partial charge >= 0.3 is 6.03 Å². The summed E-state index contributed by atoms with van der Waals surface area (Å²) in [6, 6.07) is 19.9. The van der Waals surface area contributed by atoms with Gasteiger partial charge in [-0.2, -0.15) is 0 Å². The number of rotatable bonds is 8. The van der Waals surface area contributed by atoms with Crippen LogP contribution in [0.25, 0.3) is 0 Å². The number of carbonyl (C=O) groups is 1. The minimum Gasteiger partial charge on any atom is -0.334 e. The van der Waals surface area contributed by atoms with Crippen molar-refractivity contribution >= 4 is 6.03 Å². The molecule has 2 N–H and O–H groups in total. The fourth-order valence-electron chi connectivity index (χ4n) is 2.65. The van der Waals surface area contributed by atoms with E-state index in [9.17, 15) is 4.79 Å². The number of nitrogens with one attached hydrogen (secondary N) is 2. The average molecular weight is 325 g/mol. The number of likely N-dealkylation sites (N-methyl/N-ethyl adjacent to an activating group) is 1. The average Bonchev–Trinajstić information content (AvgIpc) is 2.65. The fourth-order valence-corrected chi connectivity index (χ4v) is 2.65. The van der Waals surface area contributed by atoms with E-state index in [1.807, 2.05) is 48.5 Å². The van der Waals surface area contributed by atoms with E-state index in [4.69, 9.17) is 0 Å². The summed E-state index contributed by atoms with van der Waals surface area (Å²) in [5, 5.41) is 6.05. The van der Waals surface area contributed by atoms with E-state index in [-0.39, 0.29) is 12.1 Å². The van der Waals surface area contributed by atoms with Gasteiger partial charge in [0.2, 0.25) is 0 Å². The van der Waals surface area contributed by atoms with E-state index in [1.165, 1.54) is 0 Å². The monoisotopic (exact) mass is 325 g/mol. The molecule has 2 aromatic carbocycles. The molecule has 0 aliphatic rings. The van der Waals surface area contributed by atoms with Gasteiger partial charge in [0.1, 0.15) is 0 Å². The first-order valence-electron chi connectivity index (χ1n) is 8.58. The Morgan fingerprint density at radius 3 is 2.12 bits per heavy atom. The Labute approximate surface area is 144 Å². The summed E-state index contributed by atoms with van der Waals surface area (Å²) in [7, 11) is 0. The number of urea groups is 1.